The number of likely N-dealkylation sites (tertiary alicyclic amines) is 1. The summed E-state index contributed by atoms with van der Waals surface area (Å²) in [6.45, 7) is 5.84. The lowest BCUT2D eigenvalue weighted by Gasteiger charge is -2.33. The lowest BCUT2D eigenvalue weighted by atomic mass is 9.96. The van der Waals surface area contributed by atoms with Crippen LogP contribution in [0.5, 0.6) is 0 Å². The molecule has 9 heteroatoms. The summed E-state index contributed by atoms with van der Waals surface area (Å²) in [5.74, 6) is 6.25. The number of guanidine groups is 1. The summed E-state index contributed by atoms with van der Waals surface area (Å²) in [6.07, 6.45) is 4.07. The maximum Gasteiger partial charge on any atom is 0.210 e. The van der Waals surface area contributed by atoms with Crippen molar-refractivity contribution in [2.24, 2.45) is 16.8 Å². The molecular weight excluding hydrogens is 387 g/mol. The van der Waals surface area contributed by atoms with Gasteiger partial charge in [-0.2, -0.15) is 0 Å². The molecule has 0 unspecified atom stereocenters. The molecule has 3 aliphatic heterocycles. The zero-order chi connectivity index (χ0) is 21.0. The first kappa shape index (κ1) is 21.5. The number of piperidine rings is 1. The summed E-state index contributed by atoms with van der Waals surface area (Å²) >= 11 is 0. The van der Waals surface area contributed by atoms with Crippen LogP contribution in [-0.4, -0.2) is 74.0 Å². The molecule has 4 rings (SSSR count). The molecule has 1 aromatic rings. The SMILES string of the molecule is CN1CN(N)NC1=NCC1CCN(CCCC2(c3ccc(F)cc3)OCCO2)CC1. The van der Waals surface area contributed by atoms with Crippen LogP contribution in [0.15, 0.2) is 29.3 Å². The van der Waals surface area contributed by atoms with Gasteiger partial charge in [0.25, 0.3) is 0 Å². The third-order valence-electron chi connectivity index (χ3n) is 6.19. The Morgan fingerprint density at radius 1 is 1.20 bits per heavy atom. The standard InChI is InChI=1S/C21H33FN6O2/c1-26-16-28(23)25-20(26)24-15-17-7-11-27(12-8-17)10-2-9-21(29-13-14-30-21)18-3-5-19(22)6-4-18/h3-6,17H,2,7-16,23H2,1H3,(H,24,25). The summed E-state index contributed by atoms with van der Waals surface area (Å²) < 4.78 is 25.2. The predicted octanol–water partition coefficient (Wildman–Crippen LogP) is 1.46. The number of nitrogens with zero attached hydrogens (tertiary/aromatic N) is 4. The van der Waals surface area contributed by atoms with E-state index in [1.165, 1.54) is 17.3 Å². The van der Waals surface area contributed by atoms with Gasteiger partial charge in [-0.1, -0.05) is 12.1 Å². The van der Waals surface area contributed by atoms with Gasteiger partial charge in [0, 0.05) is 25.6 Å². The van der Waals surface area contributed by atoms with Crippen LogP contribution in [0, 0.1) is 11.7 Å². The molecule has 0 aliphatic carbocycles. The maximum atomic E-state index is 13.3. The van der Waals surface area contributed by atoms with Crippen molar-refractivity contribution in [1.82, 2.24) is 20.3 Å². The highest BCUT2D eigenvalue weighted by molar-refractivity contribution is 5.80. The van der Waals surface area contributed by atoms with Crippen molar-refractivity contribution < 1.29 is 13.9 Å². The minimum Gasteiger partial charge on any atom is -0.343 e. The zero-order valence-electron chi connectivity index (χ0n) is 17.7. The van der Waals surface area contributed by atoms with Crippen molar-refractivity contribution in [3.8, 4) is 0 Å². The van der Waals surface area contributed by atoms with E-state index in [2.05, 4.69) is 10.3 Å². The van der Waals surface area contributed by atoms with Crippen LogP contribution in [0.25, 0.3) is 0 Å². The van der Waals surface area contributed by atoms with Crippen molar-refractivity contribution in [2.45, 2.75) is 31.5 Å². The van der Waals surface area contributed by atoms with E-state index in [0.717, 1.165) is 63.4 Å². The molecule has 8 nitrogen and oxygen atoms in total. The van der Waals surface area contributed by atoms with Gasteiger partial charge in [-0.05, 0) is 56.9 Å². The number of benzene rings is 1. The van der Waals surface area contributed by atoms with E-state index in [9.17, 15) is 4.39 Å². The van der Waals surface area contributed by atoms with Crippen LogP contribution < -0.4 is 11.3 Å². The number of hydrogen-bond donors (Lipinski definition) is 2. The second-order valence-electron chi connectivity index (χ2n) is 8.43. The van der Waals surface area contributed by atoms with Gasteiger partial charge in [-0.15, -0.1) is 5.12 Å². The lowest BCUT2D eigenvalue weighted by Crippen LogP contribution is -2.39. The first-order valence-corrected chi connectivity index (χ1v) is 10.8. The van der Waals surface area contributed by atoms with E-state index in [0.29, 0.717) is 25.8 Å². The molecule has 3 heterocycles. The molecule has 0 radical (unpaired) electrons. The molecule has 0 aromatic heterocycles. The van der Waals surface area contributed by atoms with Crippen LogP contribution >= 0.6 is 0 Å². The average Bonchev–Trinajstić information content (AvgIpc) is 3.34. The average molecular weight is 421 g/mol. The minimum absolute atomic E-state index is 0.240. The van der Waals surface area contributed by atoms with Crippen LogP contribution in [0.2, 0.25) is 0 Å². The molecule has 30 heavy (non-hydrogen) atoms. The van der Waals surface area contributed by atoms with Gasteiger partial charge in [0.05, 0.1) is 13.2 Å². The minimum atomic E-state index is -0.723. The van der Waals surface area contributed by atoms with E-state index >= 15 is 0 Å². The third-order valence-corrected chi connectivity index (χ3v) is 6.19. The summed E-state index contributed by atoms with van der Waals surface area (Å²) in [5.41, 5.74) is 3.96. The predicted molar refractivity (Wildman–Crippen MR) is 112 cm³/mol. The lowest BCUT2D eigenvalue weighted by molar-refractivity contribution is -0.172. The molecule has 0 spiro atoms. The van der Waals surface area contributed by atoms with Gasteiger partial charge < -0.3 is 19.3 Å². The number of halogens is 1. The van der Waals surface area contributed by atoms with E-state index < -0.39 is 5.79 Å². The van der Waals surface area contributed by atoms with Gasteiger partial charge in [-0.3, -0.25) is 10.4 Å². The number of nitrogens with one attached hydrogen (secondary N) is 1. The number of rotatable bonds is 7. The third kappa shape index (κ3) is 5.09. The molecule has 0 bridgehead atoms. The van der Waals surface area contributed by atoms with Gasteiger partial charge in [0.2, 0.25) is 5.96 Å². The van der Waals surface area contributed by atoms with Gasteiger partial charge >= 0.3 is 0 Å². The quantitative estimate of drug-likeness (QED) is 0.647. The smallest absolute Gasteiger partial charge is 0.210 e. The van der Waals surface area contributed by atoms with E-state index in [-0.39, 0.29) is 5.82 Å². The first-order valence-electron chi connectivity index (χ1n) is 10.8. The molecule has 0 atom stereocenters. The maximum absolute atomic E-state index is 13.3. The van der Waals surface area contributed by atoms with Crippen molar-refractivity contribution in [1.29, 1.82) is 0 Å². The second kappa shape index (κ2) is 9.57. The Morgan fingerprint density at radius 3 is 2.53 bits per heavy atom. The van der Waals surface area contributed by atoms with Gasteiger partial charge in [0.15, 0.2) is 5.79 Å². The number of aliphatic imine (C=N–C) groups is 1. The summed E-state index contributed by atoms with van der Waals surface area (Å²) in [4.78, 5) is 9.22. The Balaban J connectivity index is 1.21. The molecule has 166 valence electrons. The molecule has 3 N–H and O–H groups in total. The summed E-state index contributed by atoms with van der Waals surface area (Å²) in [6, 6.07) is 6.49. The number of nitrogens with two attached hydrogens (primary N) is 1. The molecule has 3 aliphatic rings. The largest absolute Gasteiger partial charge is 0.343 e. The Bertz CT molecular complexity index is 717. The Kier molecular flexibility index (Phi) is 6.84. The monoisotopic (exact) mass is 420 g/mol. The van der Waals surface area contributed by atoms with Crippen LogP contribution in [0.1, 0.15) is 31.2 Å². The first-order chi connectivity index (χ1) is 14.5. The Morgan fingerprint density at radius 2 is 1.90 bits per heavy atom. The normalized spacial score (nSPS) is 24.6. The van der Waals surface area contributed by atoms with Gasteiger partial charge in [0.1, 0.15) is 12.5 Å². The Labute approximate surface area is 177 Å². The molecule has 1 aromatic carbocycles. The van der Waals surface area contributed by atoms with Crippen molar-refractivity contribution in [3.63, 3.8) is 0 Å². The summed E-state index contributed by atoms with van der Waals surface area (Å²) in [7, 11) is 1.98. The van der Waals surface area contributed by atoms with Crippen molar-refractivity contribution in [3.05, 3.63) is 35.6 Å². The summed E-state index contributed by atoms with van der Waals surface area (Å²) in [5, 5.41) is 1.54. The number of hydrogen-bond acceptors (Lipinski definition) is 6. The van der Waals surface area contributed by atoms with E-state index in [1.54, 1.807) is 12.1 Å². The molecule has 0 saturated carbocycles. The van der Waals surface area contributed by atoms with E-state index in [1.807, 2.05) is 11.9 Å². The van der Waals surface area contributed by atoms with Crippen LogP contribution in [0.3, 0.4) is 0 Å². The highest BCUT2D eigenvalue weighted by Crippen LogP contribution is 2.36. The second-order valence-corrected chi connectivity index (χ2v) is 8.43. The van der Waals surface area contributed by atoms with Crippen LogP contribution in [-0.2, 0) is 15.3 Å². The molecular formula is C21H33FN6O2. The fourth-order valence-corrected chi connectivity index (χ4v) is 4.46. The number of hydrazine groups is 2. The zero-order valence-corrected chi connectivity index (χ0v) is 17.7. The van der Waals surface area contributed by atoms with Crippen molar-refractivity contribution >= 4 is 5.96 Å². The number of ether oxygens (including phenoxy) is 2. The molecule has 0 amide bonds. The topological polar surface area (TPSA) is 78.6 Å². The fraction of sp³-hybridized carbons (Fsp3) is 0.667. The highest BCUT2D eigenvalue weighted by Gasteiger charge is 2.38. The fourth-order valence-electron chi connectivity index (χ4n) is 4.46. The molecule has 3 saturated heterocycles. The Hall–Kier alpha value is -1.78. The van der Waals surface area contributed by atoms with Gasteiger partial charge in [-0.25, -0.2) is 10.2 Å². The molecule has 3 fully saturated rings. The van der Waals surface area contributed by atoms with E-state index in [4.69, 9.17) is 20.3 Å². The van der Waals surface area contributed by atoms with Crippen molar-refractivity contribution in [2.75, 3.05) is 53.1 Å². The van der Waals surface area contributed by atoms with Crippen LogP contribution in [0.4, 0.5) is 4.39 Å². The highest BCUT2D eigenvalue weighted by atomic mass is 19.1.